The van der Waals surface area contributed by atoms with Crippen molar-refractivity contribution in [3.8, 4) is 11.5 Å². The third kappa shape index (κ3) is 2.72. The minimum absolute atomic E-state index is 0.673. The predicted octanol–water partition coefficient (Wildman–Crippen LogP) is 2.86. The minimum atomic E-state index is -0.792. The molecule has 2 rings (SSSR count). The van der Waals surface area contributed by atoms with Gasteiger partial charge in [0.2, 0.25) is 0 Å². The second-order valence-electron chi connectivity index (χ2n) is 4.74. The van der Waals surface area contributed by atoms with E-state index < -0.39 is 5.60 Å². The summed E-state index contributed by atoms with van der Waals surface area (Å²) in [6.45, 7) is 5.28. The molecule has 3 heteroatoms. The lowest BCUT2D eigenvalue weighted by Crippen LogP contribution is -2.20. The summed E-state index contributed by atoms with van der Waals surface area (Å²) in [6.07, 6.45) is 2.59. The zero-order valence-corrected chi connectivity index (χ0v) is 10.5. The van der Waals surface area contributed by atoms with Crippen LogP contribution < -0.4 is 9.47 Å². The first kappa shape index (κ1) is 12.2. The van der Waals surface area contributed by atoms with Crippen molar-refractivity contribution in [2.45, 2.75) is 38.7 Å². The van der Waals surface area contributed by atoms with Gasteiger partial charge in [-0.1, -0.05) is 19.4 Å². The fourth-order valence-electron chi connectivity index (χ4n) is 2.13. The highest BCUT2D eigenvalue weighted by Crippen LogP contribution is 2.35. The van der Waals surface area contributed by atoms with Crippen molar-refractivity contribution in [3.63, 3.8) is 0 Å². The molecule has 1 aliphatic heterocycles. The Morgan fingerprint density at radius 3 is 2.65 bits per heavy atom. The lowest BCUT2D eigenvalue weighted by molar-refractivity contribution is 0.0467. The fraction of sp³-hybridized carbons (Fsp3) is 0.571. The fourth-order valence-corrected chi connectivity index (χ4v) is 2.13. The van der Waals surface area contributed by atoms with Crippen molar-refractivity contribution in [1.29, 1.82) is 0 Å². The number of hydrogen-bond acceptors (Lipinski definition) is 3. The maximum absolute atomic E-state index is 10.4. The molecule has 0 saturated heterocycles. The van der Waals surface area contributed by atoms with Crippen LogP contribution >= 0.6 is 0 Å². The van der Waals surface area contributed by atoms with Crippen LogP contribution in [0.25, 0.3) is 0 Å². The van der Waals surface area contributed by atoms with Gasteiger partial charge < -0.3 is 14.6 Å². The van der Waals surface area contributed by atoms with Gasteiger partial charge in [-0.2, -0.15) is 0 Å². The van der Waals surface area contributed by atoms with E-state index in [0.717, 1.165) is 36.3 Å². The van der Waals surface area contributed by atoms with Crippen LogP contribution in [0.15, 0.2) is 18.2 Å². The summed E-state index contributed by atoms with van der Waals surface area (Å²) in [7, 11) is 0. The van der Waals surface area contributed by atoms with Crippen LogP contribution in [0.4, 0.5) is 0 Å². The van der Waals surface area contributed by atoms with Gasteiger partial charge in [-0.3, -0.25) is 0 Å². The molecule has 0 radical (unpaired) electrons. The van der Waals surface area contributed by atoms with Crippen LogP contribution in [0.5, 0.6) is 11.5 Å². The van der Waals surface area contributed by atoms with E-state index in [1.54, 1.807) is 0 Å². The maximum Gasteiger partial charge on any atom is 0.161 e. The number of hydrogen-bond donors (Lipinski definition) is 1. The highest BCUT2D eigenvalue weighted by atomic mass is 16.5. The Labute approximate surface area is 102 Å². The molecule has 0 saturated carbocycles. The molecule has 0 aromatic heterocycles. The van der Waals surface area contributed by atoms with Crippen molar-refractivity contribution in [2.24, 2.45) is 0 Å². The Balaban J connectivity index is 2.29. The van der Waals surface area contributed by atoms with Gasteiger partial charge in [0.15, 0.2) is 11.5 Å². The molecule has 17 heavy (non-hydrogen) atoms. The van der Waals surface area contributed by atoms with Crippen LogP contribution in [-0.4, -0.2) is 18.3 Å². The maximum atomic E-state index is 10.4. The topological polar surface area (TPSA) is 38.7 Å². The summed E-state index contributed by atoms with van der Waals surface area (Å²) in [5, 5.41) is 10.4. The van der Waals surface area contributed by atoms with Crippen molar-refractivity contribution in [2.75, 3.05) is 13.2 Å². The summed E-state index contributed by atoms with van der Waals surface area (Å²) in [4.78, 5) is 0. The molecule has 1 unspecified atom stereocenters. The number of benzene rings is 1. The Morgan fingerprint density at radius 1 is 1.24 bits per heavy atom. The number of fused-ring (bicyclic) bond motifs is 1. The Kier molecular flexibility index (Phi) is 3.57. The zero-order chi connectivity index (χ0) is 12.3. The standard InChI is InChI=1S/C14H20O3/c1-3-7-14(2,15)11-5-6-12-13(10-11)17-9-4-8-16-12/h5-6,10,15H,3-4,7-9H2,1-2H3. The molecule has 1 aromatic carbocycles. The summed E-state index contributed by atoms with van der Waals surface area (Å²) in [6, 6.07) is 5.71. The van der Waals surface area contributed by atoms with Gasteiger partial charge in [0.1, 0.15) is 0 Å². The van der Waals surface area contributed by atoms with E-state index in [0.29, 0.717) is 13.2 Å². The average Bonchev–Trinajstić information content (AvgIpc) is 2.52. The van der Waals surface area contributed by atoms with E-state index in [2.05, 4.69) is 6.92 Å². The second kappa shape index (κ2) is 4.96. The van der Waals surface area contributed by atoms with Crippen LogP contribution in [0, 0.1) is 0 Å². The van der Waals surface area contributed by atoms with Gasteiger partial charge in [0.05, 0.1) is 18.8 Å². The Morgan fingerprint density at radius 2 is 1.94 bits per heavy atom. The number of aliphatic hydroxyl groups is 1. The minimum Gasteiger partial charge on any atom is -0.490 e. The molecule has 0 bridgehead atoms. The molecule has 1 aromatic rings. The molecule has 1 N–H and O–H groups in total. The van der Waals surface area contributed by atoms with E-state index in [9.17, 15) is 5.11 Å². The van der Waals surface area contributed by atoms with Gasteiger partial charge in [0.25, 0.3) is 0 Å². The lowest BCUT2D eigenvalue weighted by Gasteiger charge is -2.24. The lowest BCUT2D eigenvalue weighted by atomic mass is 9.91. The first-order chi connectivity index (χ1) is 8.13. The molecular weight excluding hydrogens is 216 g/mol. The summed E-state index contributed by atoms with van der Waals surface area (Å²) < 4.78 is 11.2. The third-order valence-electron chi connectivity index (χ3n) is 3.11. The van der Waals surface area contributed by atoms with Crippen LogP contribution in [0.3, 0.4) is 0 Å². The highest BCUT2D eigenvalue weighted by Gasteiger charge is 2.23. The van der Waals surface area contributed by atoms with Crippen molar-refractivity contribution < 1.29 is 14.6 Å². The van der Waals surface area contributed by atoms with Crippen molar-refractivity contribution in [3.05, 3.63) is 23.8 Å². The first-order valence-corrected chi connectivity index (χ1v) is 6.26. The smallest absolute Gasteiger partial charge is 0.161 e. The van der Waals surface area contributed by atoms with Gasteiger partial charge >= 0.3 is 0 Å². The van der Waals surface area contributed by atoms with Gasteiger partial charge in [-0.15, -0.1) is 0 Å². The van der Waals surface area contributed by atoms with E-state index in [1.165, 1.54) is 0 Å². The quantitative estimate of drug-likeness (QED) is 0.877. The normalized spacial score (nSPS) is 18.3. The first-order valence-electron chi connectivity index (χ1n) is 6.26. The molecule has 0 aliphatic carbocycles. The number of rotatable bonds is 3. The number of ether oxygens (including phenoxy) is 2. The Hall–Kier alpha value is -1.22. The summed E-state index contributed by atoms with van der Waals surface area (Å²) >= 11 is 0. The van der Waals surface area contributed by atoms with E-state index in [4.69, 9.17) is 9.47 Å². The molecule has 1 heterocycles. The van der Waals surface area contributed by atoms with Crippen molar-refractivity contribution >= 4 is 0 Å². The van der Waals surface area contributed by atoms with Crippen LogP contribution in [-0.2, 0) is 5.60 Å². The molecular formula is C14H20O3. The molecule has 3 nitrogen and oxygen atoms in total. The third-order valence-corrected chi connectivity index (χ3v) is 3.11. The van der Waals surface area contributed by atoms with E-state index in [-0.39, 0.29) is 0 Å². The predicted molar refractivity (Wildman–Crippen MR) is 66.5 cm³/mol. The highest BCUT2D eigenvalue weighted by molar-refractivity contribution is 5.44. The SMILES string of the molecule is CCCC(C)(O)c1ccc2c(c1)OCCCO2. The zero-order valence-electron chi connectivity index (χ0n) is 10.5. The van der Waals surface area contributed by atoms with Crippen LogP contribution in [0.2, 0.25) is 0 Å². The van der Waals surface area contributed by atoms with Gasteiger partial charge in [-0.05, 0) is 31.0 Å². The molecule has 94 valence electrons. The van der Waals surface area contributed by atoms with Crippen LogP contribution in [0.1, 0.15) is 38.7 Å². The molecule has 0 spiro atoms. The molecule has 1 atom stereocenters. The summed E-state index contributed by atoms with van der Waals surface area (Å²) in [5.74, 6) is 1.52. The van der Waals surface area contributed by atoms with E-state index >= 15 is 0 Å². The molecule has 1 aliphatic rings. The second-order valence-corrected chi connectivity index (χ2v) is 4.74. The largest absolute Gasteiger partial charge is 0.490 e. The monoisotopic (exact) mass is 236 g/mol. The van der Waals surface area contributed by atoms with Gasteiger partial charge in [0, 0.05) is 6.42 Å². The molecule has 0 amide bonds. The average molecular weight is 236 g/mol. The molecule has 0 fully saturated rings. The van der Waals surface area contributed by atoms with E-state index in [1.807, 2.05) is 25.1 Å². The Bertz CT molecular complexity index is 385. The van der Waals surface area contributed by atoms with Gasteiger partial charge in [-0.25, -0.2) is 0 Å². The van der Waals surface area contributed by atoms with Crippen molar-refractivity contribution in [1.82, 2.24) is 0 Å². The summed E-state index contributed by atoms with van der Waals surface area (Å²) in [5.41, 5.74) is 0.100.